The molecule has 11 nitrogen and oxygen atoms in total. The van der Waals surface area contributed by atoms with Gasteiger partial charge in [-0.25, -0.2) is 9.97 Å². The Labute approximate surface area is 230 Å². The normalized spacial score (nSPS) is 13.4. The van der Waals surface area contributed by atoms with Crippen molar-refractivity contribution in [3.05, 3.63) is 42.2 Å². The number of unbranched alkanes of at least 4 members (excludes halogenated alkanes) is 1. The molecule has 2 aromatic rings. The maximum absolute atomic E-state index is 12.5. The Morgan fingerprint density at radius 1 is 1.21 bits per heavy atom. The number of aromatic nitrogens is 3. The highest BCUT2D eigenvalue weighted by Crippen LogP contribution is 2.25. The van der Waals surface area contributed by atoms with Gasteiger partial charge in [0, 0.05) is 44.7 Å². The molecule has 11 heteroatoms. The first-order valence-corrected chi connectivity index (χ1v) is 13.0. The second-order valence-corrected chi connectivity index (χ2v) is 9.57. The largest absolute Gasteiger partial charge is 0.481 e. The maximum atomic E-state index is 12.5. The Morgan fingerprint density at radius 2 is 2.00 bits per heavy atom. The second-order valence-electron chi connectivity index (χ2n) is 9.57. The summed E-state index contributed by atoms with van der Waals surface area (Å²) in [5, 5.41) is 9.45. The number of nitrogens with one attached hydrogen (secondary N) is 3. The average molecular weight is 535 g/mol. The van der Waals surface area contributed by atoms with Crippen LogP contribution in [0.2, 0.25) is 0 Å². The molecule has 2 heterocycles. The quantitative estimate of drug-likeness (QED) is 0.202. The molecule has 1 aliphatic carbocycles. The smallest absolute Gasteiger partial charge is 0.246 e. The van der Waals surface area contributed by atoms with Gasteiger partial charge in [0.05, 0.1) is 30.8 Å². The van der Waals surface area contributed by atoms with E-state index in [4.69, 9.17) is 4.74 Å². The first kappa shape index (κ1) is 29.4. The maximum Gasteiger partial charge on any atom is 0.246 e. The van der Waals surface area contributed by atoms with E-state index in [2.05, 4.69) is 42.7 Å². The van der Waals surface area contributed by atoms with Crippen molar-refractivity contribution in [2.75, 3.05) is 52.0 Å². The highest BCUT2D eigenvalue weighted by molar-refractivity contribution is 5.92. The van der Waals surface area contributed by atoms with Crippen LogP contribution < -0.4 is 20.7 Å². The van der Waals surface area contributed by atoms with Gasteiger partial charge in [-0.3, -0.25) is 9.59 Å². The first-order valence-electron chi connectivity index (χ1n) is 13.0. The van der Waals surface area contributed by atoms with Crippen molar-refractivity contribution in [2.24, 2.45) is 0 Å². The van der Waals surface area contributed by atoms with Crippen molar-refractivity contribution in [1.82, 2.24) is 30.1 Å². The van der Waals surface area contributed by atoms with Crippen molar-refractivity contribution in [1.29, 1.82) is 0 Å². The molecule has 1 atom stereocenters. The molecule has 2 aromatic heterocycles. The first-order chi connectivity index (χ1) is 18.8. The number of ether oxygens (including phenoxy) is 1. The fourth-order valence-electron chi connectivity index (χ4n) is 3.30. The Morgan fingerprint density at radius 3 is 2.67 bits per heavy atom. The van der Waals surface area contributed by atoms with Crippen LogP contribution in [0, 0.1) is 11.8 Å². The Balaban J connectivity index is 1.52. The monoisotopic (exact) mass is 534 g/mol. The standard InChI is InChI=1S/C28H38N8O3/c1-20(36(4)25(37)11-9-17-35(2)3)27(38)29-16-8-6-7-10-21-18-31-28(33-22-12-13-22)34-26(21)32-23-14-15-24(39-5)30-19-23/h9,11,14-15,18-20,22H,6,8,12-13,16-17H2,1-5H3,(H,29,38)(H2,31,32,33,34)/b11-9+/t20-/m0/s1. The molecular weight excluding hydrogens is 496 g/mol. The van der Waals surface area contributed by atoms with Gasteiger partial charge in [0.15, 0.2) is 5.82 Å². The van der Waals surface area contributed by atoms with Crippen LogP contribution in [0.25, 0.3) is 0 Å². The highest BCUT2D eigenvalue weighted by atomic mass is 16.5. The number of carbonyl (C=O) groups excluding carboxylic acids is 2. The van der Waals surface area contributed by atoms with Gasteiger partial charge < -0.3 is 30.5 Å². The number of anilines is 3. The van der Waals surface area contributed by atoms with Crippen LogP contribution in [0.4, 0.5) is 17.5 Å². The number of likely N-dealkylation sites (N-methyl/N-ethyl adjacent to an activating group) is 2. The fourth-order valence-corrected chi connectivity index (χ4v) is 3.30. The zero-order valence-corrected chi connectivity index (χ0v) is 23.3. The number of rotatable bonds is 13. The van der Waals surface area contributed by atoms with E-state index in [1.165, 1.54) is 11.0 Å². The summed E-state index contributed by atoms with van der Waals surface area (Å²) < 4.78 is 5.12. The lowest BCUT2D eigenvalue weighted by molar-refractivity contribution is -0.135. The molecule has 0 saturated heterocycles. The average Bonchev–Trinajstić information content (AvgIpc) is 3.74. The molecule has 3 N–H and O–H groups in total. The molecule has 3 rings (SSSR count). The van der Waals surface area contributed by atoms with Gasteiger partial charge >= 0.3 is 0 Å². The highest BCUT2D eigenvalue weighted by Gasteiger charge is 2.22. The number of pyridine rings is 1. The number of hydrogen-bond acceptors (Lipinski definition) is 9. The minimum Gasteiger partial charge on any atom is -0.481 e. The molecule has 1 fully saturated rings. The minimum absolute atomic E-state index is 0.202. The van der Waals surface area contributed by atoms with E-state index < -0.39 is 6.04 Å². The number of carbonyl (C=O) groups is 2. The molecular formula is C28H38N8O3. The zero-order chi connectivity index (χ0) is 28.2. The van der Waals surface area contributed by atoms with Gasteiger partial charge in [-0.05, 0) is 46.3 Å². The van der Waals surface area contributed by atoms with E-state index in [9.17, 15) is 9.59 Å². The molecule has 1 aliphatic rings. The van der Waals surface area contributed by atoms with Gasteiger partial charge in [-0.15, -0.1) is 0 Å². The zero-order valence-electron chi connectivity index (χ0n) is 23.3. The van der Waals surface area contributed by atoms with Crippen LogP contribution in [0.15, 0.2) is 36.7 Å². The van der Waals surface area contributed by atoms with Crippen LogP contribution in [-0.2, 0) is 9.59 Å². The third-order valence-corrected chi connectivity index (χ3v) is 5.95. The summed E-state index contributed by atoms with van der Waals surface area (Å²) in [7, 11) is 7.04. The van der Waals surface area contributed by atoms with Crippen LogP contribution >= 0.6 is 0 Å². The lowest BCUT2D eigenvalue weighted by atomic mass is 10.2. The van der Waals surface area contributed by atoms with Crippen LogP contribution in [0.3, 0.4) is 0 Å². The van der Waals surface area contributed by atoms with E-state index in [0.29, 0.717) is 55.2 Å². The van der Waals surface area contributed by atoms with Crippen molar-refractivity contribution in [3.8, 4) is 17.7 Å². The second kappa shape index (κ2) is 14.7. The number of nitrogens with zero attached hydrogens (tertiary/aromatic N) is 5. The summed E-state index contributed by atoms with van der Waals surface area (Å²) in [5.41, 5.74) is 1.41. The van der Waals surface area contributed by atoms with Gasteiger partial charge in [0.1, 0.15) is 6.04 Å². The summed E-state index contributed by atoms with van der Waals surface area (Å²) in [6, 6.07) is 3.47. The van der Waals surface area contributed by atoms with Gasteiger partial charge in [0.25, 0.3) is 0 Å². The summed E-state index contributed by atoms with van der Waals surface area (Å²) >= 11 is 0. The Kier molecular flexibility index (Phi) is 11.1. The fraction of sp³-hybridized carbons (Fsp3) is 0.464. The third kappa shape index (κ3) is 9.90. The van der Waals surface area contributed by atoms with E-state index in [-0.39, 0.29) is 11.8 Å². The van der Waals surface area contributed by atoms with Crippen LogP contribution in [-0.4, -0.2) is 90.0 Å². The molecule has 208 valence electrons. The van der Waals surface area contributed by atoms with E-state index in [1.807, 2.05) is 25.1 Å². The lowest BCUT2D eigenvalue weighted by Gasteiger charge is -2.23. The molecule has 0 aliphatic heterocycles. The Bertz CT molecular complexity index is 1200. The van der Waals surface area contributed by atoms with Crippen molar-refractivity contribution >= 4 is 29.3 Å². The molecule has 0 unspecified atom stereocenters. The van der Waals surface area contributed by atoms with Crippen molar-refractivity contribution < 1.29 is 14.3 Å². The molecule has 39 heavy (non-hydrogen) atoms. The third-order valence-electron chi connectivity index (χ3n) is 5.95. The molecule has 0 aromatic carbocycles. The summed E-state index contributed by atoms with van der Waals surface area (Å²) in [5.74, 6) is 7.53. The molecule has 1 saturated carbocycles. The molecule has 0 bridgehead atoms. The van der Waals surface area contributed by atoms with Crippen molar-refractivity contribution in [3.63, 3.8) is 0 Å². The lowest BCUT2D eigenvalue weighted by Crippen LogP contribution is -2.45. The summed E-state index contributed by atoms with van der Waals surface area (Å²) in [6.07, 6.45) is 10.1. The number of hydrogen-bond donors (Lipinski definition) is 3. The predicted octanol–water partition coefficient (Wildman–Crippen LogP) is 2.41. The van der Waals surface area contributed by atoms with Crippen molar-refractivity contribution in [2.45, 2.75) is 44.7 Å². The SMILES string of the molecule is COc1ccc(Nc2nc(NC3CC3)ncc2C#CCCCNC(=O)[C@H](C)N(C)C(=O)/C=C/CN(C)C)cn1. The summed E-state index contributed by atoms with van der Waals surface area (Å²) in [6.45, 7) is 2.83. The van der Waals surface area contributed by atoms with Crippen LogP contribution in [0.5, 0.6) is 5.88 Å². The Hall–Kier alpha value is -4.17. The number of amides is 2. The van der Waals surface area contributed by atoms with Gasteiger partial charge in [-0.1, -0.05) is 17.9 Å². The van der Waals surface area contributed by atoms with E-state index in [0.717, 1.165) is 18.5 Å². The van der Waals surface area contributed by atoms with Gasteiger partial charge in [0.2, 0.25) is 23.6 Å². The topological polar surface area (TPSA) is 125 Å². The number of methoxy groups -OCH3 is 1. The van der Waals surface area contributed by atoms with Crippen LogP contribution in [0.1, 0.15) is 38.2 Å². The van der Waals surface area contributed by atoms with E-state index in [1.54, 1.807) is 45.6 Å². The van der Waals surface area contributed by atoms with E-state index >= 15 is 0 Å². The summed E-state index contributed by atoms with van der Waals surface area (Å²) in [4.78, 5) is 41.4. The molecule has 0 spiro atoms. The van der Waals surface area contributed by atoms with Gasteiger partial charge in [-0.2, -0.15) is 4.98 Å². The molecule has 0 radical (unpaired) electrons. The minimum atomic E-state index is -0.575. The molecule has 2 amide bonds. The predicted molar refractivity (Wildman–Crippen MR) is 152 cm³/mol.